The number of halogens is 1. The summed E-state index contributed by atoms with van der Waals surface area (Å²) in [5, 5.41) is 9.89. The van der Waals surface area contributed by atoms with Crippen molar-refractivity contribution < 1.29 is 19.4 Å². The molecular formula is C36H35ClN4O4. The third kappa shape index (κ3) is 5.89. The van der Waals surface area contributed by atoms with Gasteiger partial charge in [0.1, 0.15) is 11.5 Å². The standard InChI is InChI=1S/C36H34N4O4.ClH/c1-23-19-25-7-5-6-8-26(25)22-39(23)35(42)31-14-13-30(44-4)20-33(31)34-21-32(24(2)38(34)3)36(43)40(28-15-17-37-18-16-28)27-9-11-29(41)12-10-27;/h5-18,20-21,23,41H,19,22H2,1-4H3;1H/t23-;/m1./s1. The molecule has 0 fully saturated rings. The summed E-state index contributed by atoms with van der Waals surface area (Å²) in [5.74, 6) is 0.399. The number of anilines is 2. The first-order valence-corrected chi connectivity index (χ1v) is 14.5. The third-order valence-electron chi connectivity index (χ3n) is 8.50. The number of aromatic nitrogens is 2. The Kier molecular flexibility index (Phi) is 8.97. The van der Waals surface area contributed by atoms with Gasteiger partial charge in [0, 0.05) is 60.2 Å². The van der Waals surface area contributed by atoms with E-state index in [9.17, 15) is 14.7 Å². The van der Waals surface area contributed by atoms with Gasteiger partial charge < -0.3 is 19.3 Å². The predicted molar refractivity (Wildman–Crippen MR) is 178 cm³/mol. The predicted octanol–water partition coefficient (Wildman–Crippen LogP) is 7.10. The molecular weight excluding hydrogens is 588 g/mol. The van der Waals surface area contributed by atoms with E-state index in [-0.39, 0.29) is 36.0 Å². The van der Waals surface area contributed by atoms with E-state index in [0.717, 1.165) is 23.4 Å². The zero-order chi connectivity index (χ0) is 31.0. The first-order valence-electron chi connectivity index (χ1n) is 14.5. The number of carbonyl (C=O) groups is 2. The number of aromatic hydroxyl groups is 1. The second-order valence-electron chi connectivity index (χ2n) is 11.1. The normalized spacial score (nSPS) is 13.9. The monoisotopic (exact) mass is 622 g/mol. The third-order valence-corrected chi connectivity index (χ3v) is 8.50. The van der Waals surface area contributed by atoms with Gasteiger partial charge in [0.05, 0.1) is 18.4 Å². The van der Waals surface area contributed by atoms with E-state index >= 15 is 0 Å². The lowest BCUT2D eigenvalue weighted by atomic mass is 9.93. The molecule has 2 aromatic heterocycles. The molecule has 0 bridgehead atoms. The van der Waals surface area contributed by atoms with Gasteiger partial charge in [-0.2, -0.15) is 0 Å². The quantitative estimate of drug-likeness (QED) is 0.218. The van der Waals surface area contributed by atoms with Crippen molar-refractivity contribution in [2.45, 2.75) is 32.9 Å². The van der Waals surface area contributed by atoms with Crippen molar-refractivity contribution in [1.82, 2.24) is 14.5 Å². The molecule has 3 heterocycles. The van der Waals surface area contributed by atoms with Gasteiger partial charge in [0.2, 0.25) is 0 Å². The molecule has 9 heteroatoms. The topological polar surface area (TPSA) is 87.9 Å². The lowest BCUT2D eigenvalue weighted by molar-refractivity contribution is 0.0659. The minimum absolute atomic E-state index is 0. The summed E-state index contributed by atoms with van der Waals surface area (Å²) in [4.78, 5) is 36.2. The highest BCUT2D eigenvalue weighted by Gasteiger charge is 2.31. The summed E-state index contributed by atoms with van der Waals surface area (Å²) in [6.45, 7) is 4.51. The molecule has 6 rings (SSSR count). The Morgan fingerprint density at radius 1 is 0.911 bits per heavy atom. The van der Waals surface area contributed by atoms with Crippen molar-refractivity contribution in [3.8, 4) is 22.8 Å². The van der Waals surface area contributed by atoms with Gasteiger partial charge in [-0.25, -0.2) is 0 Å². The van der Waals surface area contributed by atoms with Crippen molar-refractivity contribution in [3.63, 3.8) is 0 Å². The van der Waals surface area contributed by atoms with Crippen LogP contribution in [0.3, 0.4) is 0 Å². The number of rotatable bonds is 6. The summed E-state index contributed by atoms with van der Waals surface area (Å²) in [6.07, 6.45) is 4.05. The average Bonchev–Trinajstić information content (AvgIpc) is 3.35. The number of phenolic OH excluding ortho intramolecular Hbond substituents is 1. The molecule has 0 saturated heterocycles. The SMILES string of the molecule is COc1ccc(C(=O)N2Cc3ccccc3C[C@H]2C)c(-c2cc(C(=O)N(c3ccncc3)c3ccc(O)cc3)c(C)n2C)c1.Cl. The van der Waals surface area contributed by atoms with Gasteiger partial charge in [-0.05, 0) is 92.1 Å². The molecule has 0 saturated carbocycles. The smallest absolute Gasteiger partial charge is 0.264 e. The van der Waals surface area contributed by atoms with Gasteiger partial charge >= 0.3 is 0 Å². The second kappa shape index (κ2) is 12.9. The molecule has 1 N–H and O–H groups in total. The zero-order valence-electron chi connectivity index (χ0n) is 25.6. The highest BCUT2D eigenvalue weighted by molar-refractivity contribution is 6.12. The van der Waals surface area contributed by atoms with Crippen molar-refractivity contribution in [3.05, 3.63) is 125 Å². The number of hydrogen-bond donors (Lipinski definition) is 1. The first-order chi connectivity index (χ1) is 21.3. The number of benzene rings is 3. The van der Waals surface area contributed by atoms with Gasteiger partial charge in [0.15, 0.2) is 0 Å². The number of nitrogens with zero attached hydrogens (tertiary/aromatic N) is 4. The van der Waals surface area contributed by atoms with Crippen LogP contribution in [0, 0.1) is 6.92 Å². The van der Waals surface area contributed by atoms with Crippen LogP contribution >= 0.6 is 12.4 Å². The van der Waals surface area contributed by atoms with Gasteiger partial charge in [-0.1, -0.05) is 24.3 Å². The van der Waals surface area contributed by atoms with E-state index in [4.69, 9.17) is 4.74 Å². The Labute approximate surface area is 268 Å². The summed E-state index contributed by atoms with van der Waals surface area (Å²) < 4.78 is 7.52. The van der Waals surface area contributed by atoms with Crippen molar-refractivity contribution in [2.75, 3.05) is 12.0 Å². The number of methoxy groups -OCH3 is 1. The molecule has 0 aliphatic carbocycles. The minimum atomic E-state index is -0.252. The van der Waals surface area contributed by atoms with E-state index in [1.54, 1.807) is 66.9 Å². The van der Waals surface area contributed by atoms with Crippen LogP contribution in [0.25, 0.3) is 11.3 Å². The van der Waals surface area contributed by atoms with E-state index in [1.807, 2.05) is 53.8 Å². The van der Waals surface area contributed by atoms with Crippen molar-refractivity contribution in [1.29, 1.82) is 0 Å². The van der Waals surface area contributed by atoms with Crippen LogP contribution in [0.4, 0.5) is 11.4 Å². The Balaban J connectivity index is 0.00000400. The maximum atomic E-state index is 14.3. The Hall–Kier alpha value is -5.08. The lowest BCUT2D eigenvalue weighted by Gasteiger charge is -2.35. The Morgan fingerprint density at radius 2 is 1.58 bits per heavy atom. The Morgan fingerprint density at radius 3 is 2.27 bits per heavy atom. The highest BCUT2D eigenvalue weighted by Crippen LogP contribution is 2.36. The van der Waals surface area contributed by atoms with Crippen LogP contribution in [0.1, 0.15) is 44.5 Å². The number of fused-ring (bicyclic) bond motifs is 1. The number of carbonyl (C=O) groups excluding carboxylic acids is 2. The van der Waals surface area contributed by atoms with E-state index in [1.165, 1.54) is 5.56 Å². The fourth-order valence-corrected chi connectivity index (χ4v) is 5.93. The van der Waals surface area contributed by atoms with Crippen LogP contribution in [0.5, 0.6) is 11.5 Å². The van der Waals surface area contributed by atoms with Gasteiger partial charge in [0.25, 0.3) is 11.8 Å². The number of ether oxygens (including phenoxy) is 1. The Bertz CT molecular complexity index is 1850. The summed E-state index contributed by atoms with van der Waals surface area (Å²) in [5.41, 5.74) is 6.83. The summed E-state index contributed by atoms with van der Waals surface area (Å²) in [7, 11) is 3.49. The molecule has 1 aliphatic heterocycles. The maximum Gasteiger partial charge on any atom is 0.264 e. The largest absolute Gasteiger partial charge is 0.508 e. The fourth-order valence-electron chi connectivity index (χ4n) is 5.93. The van der Waals surface area contributed by atoms with E-state index in [0.29, 0.717) is 40.4 Å². The lowest BCUT2D eigenvalue weighted by Crippen LogP contribution is -2.42. The second-order valence-corrected chi connectivity index (χ2v) is 11.1. The fraction of sp³-hybridized carbons (Fsp3) is 0.194. The molecule has 0 radical (unpaired) electrons. The zero-order valence-corrected chi connectivity index (χ0v) is 26.4. The summed E-state index contributed by atoms with van der Waals surface area (Å²) >= 11 is 0. The molecule has 45 heavy (non-hydrogen) atoms. The van der Waals surface area contributed by atoms with Crippen LogP contribution in [-0.2, 0) is 20.0 Å². The molecule has 0 spiro atoms. The van der Waals surface area contributed by atoms with Crippen molar-refractivity contribution in [2.24, 2.45) is 7.05 Å². The van der Waals surface area contributed by atoms with Crippen molar-refractivity contribution >= 4 is 35.6 Å². The average molecular weight is 623 g/mol. The molecule has 8 nitrogen and oxygen atoms in total. The molecule has 1 aliphatic rings. The highest BCUT2D eigenvalue weighted by atomic mass is 35.5. The van der Waals surface area contributed by atoms with Crippen LogP contribution in [0.2, 0.25) is 0 Å². The molecule has 1 atom stereocenters. The van der Waals surface area contributed by atoms with E-state index < -0.39 is 0 Å². The van der Waals surface area contributed by atoms with Gasteiger partial charge in [-0.15, -0.1) is 12.4 Å². The number of amides is 2. The number of phenols is 1. The van der Waals surface area contributed by atoms with Gasteiger partial charge in [-0.3, -0.25) is 19.5 Å². The molecule has 2 amide bonds. The van der Waals surface area contributed by atoms with Crippen LogP contribution in [0.15, 0.2) is 97.3 Å². The number of hydrogen-bond acceptors (Lipinski definition) is 5. The molecule has 3 aromatic carbocycles. The maximum absolute atomic E-state index is 14.3. The van der Waals surface area contributed by atoms with E-state index in [2.05, 4.69) is 24.0 Å². The number of pyridine rings is 1. The molecule has 230 valence electrons. The summed E-state index contributed by atoms with van der Waals surface area (Å²) in [6, 6.07) is 25.6. The first kappa shape index (κ1) is 31.3. The minimum Gasteiger partial charge on any atom is -0.508 e. The van der Waals surface area contributed by atoms with Crippen LogP contribution < -0.4 is 9.64 Å². The van der Waals surface area contributed by atoms with Crippen LogP contribution in [-0.4, -0.2) is 44.5 Å². The molecule has 5 aromatic rings. The molecule has 0 unspecified atom stereocenters.